The lowest BCUT2D eigenvalue weighted by Gasteiger charge is -2.21. The van der Waals surface area contributed by atoms with E-state index in [-0.39, 0.29) is 6.42 Å². The molecule has 1 rings (SSSR count). The molecule has 0 saturated heterocycles. The monoisotopic (exact) mass is 215 g/mol. The van der Waals surface area contributed by atoms with Crippen molar-refractivity contribution in [2.24, 2.45) is 11.7 Å². The van der Waals surface area contributed by atoms with Crippen LogP contribution in [0.25, 0.3) is 0 Å². The molecule has 0 radical (unpaired) electrons. The van der Waals surface area contributed by atoms with Crippen molar-refractivity contribution in [3.8, 4) is 0 Å². The van der Waals surface area contributed by atoms with Crippen molar-refractivity contribution in [3.05, 3.63) is 0 Å². The number of hydrogen-bond donors (Lipinski definition) is 2. The Balaban J connectivity index is 2.14. The van der Waals surface area contributed by atoms with Gasteiger partial charge < -0.3 is 15.6 Å². The van der Waals surface area contributed by atoms with Gasteiger partial charge in [0.25, 0.3) is 0 Å². The van der Waals surface area contributed by atoms with E-state index in [4.69, 9.17) is 10.5 Å². The molecule has 1 aliphatic rings. The standard InChI is InChI=1S/C11H21NO3/c12-7-6-10(13)11(14)15-8-9-4-2-1-3-5-9/h9-10,13H,1-8,12H2. The van der Waals surface area contributed by atoms with Crippen molar-refractivity contribution in [3.63, 3.8) is 0 Å². The predicted molar refractivity (Wildman–Crippen MR) is 57.2 cm³/mol. The fourth-order valence-corrected chi connectivity index (χ4v) is 1.93. The van der Waals surface area contributed by atoms with Crippen LogP contribution >= 0.6 is 0 Å². The third kappa shape index (κ3) is 4.62. The van der Waals surface area contributed by atoms with Gasteiger partial charge in [-0.25, -0.2) is 4.79 Å². The molecule has 0 bridgehead atoms. The molecule has 0 aromatic heterocycles. The van der Waals surface area contributed by atoms with E-state index in [9.17, 15) is 9.90 Å². The Hall–Kier alpha value is -0.610. The van der Waals surface area contributed by atoms with Crippen LogP contribution in [0.5, 0.6) is 0 Å². The number of esters is 1. The first-order valence-electron chi connectivity index (χ1n) is 5.79. The largest absolute Gasteiger partial charge is 0.463 e. The van der Waals surface area contributed by atoms with Gasteiger partial charge in [0.1, 0.15) is 0 Å². The molecule has 1 unspecified atom stereocenters. The highest BCUT2D eigenvalue weighted by molar-refractivity contribution is 5.74. The van der Waals surface area contributed by atoms with Crippen LogP contribution in [-0.2, 0) is 9.53 Å². The van der Waals surface area contributed by atoms with Gasteiger partial charge in [-0.05, 0) is 31.7 Å². The average molecular weight is 215 g/mol. The molecule has 0 aromatic carbocycles. The lowest BCUT2D eigenvalue weighted by Crippen LogP contribution is -2.28. The molecule has 0 spiro atoms. The quantitative estimate of drug-likeness (QED) is 0.666. The van der Waals surface area contributed by atoms with Crippen LogP contribution in [0.2, 0.25) is 0 Å². The summed E-state index contributed by atoms with van der Waals surface area (Å²) >= 11 is 0. The lowest BCUT2D eigenvalue weighted by molar-refractivity contribution is -0.155. The maximum atomic E-state index is 11.2. The summed E-state index contributed by atoms with van der Waals surface area (Å²) in [6, 6.07) is 0. The topological polar surface area (TPSA) is 72.5 Å². The highest BCUT2D eigenvalue weighted by atomic mass is 16.5. The first kappa shape index (κ1) is 12.5. The highest BCUT2D eigenvalue weighted by Crippen LogP contribution is 2.23. The summed E-state index contributed by atoms with van der Waals surface area (Å²) in [5.41, 5.74) is 5.24. The second kappa shape index (κ2) is 6.80. The van der Waals surface area contributed by atoms with Gasteiger partial charge in [0.2, 0.25) is 0 Å². The van der Waals surface area contributed by atoms with E-state index in [0.717, 1.165) is 12.8 Å². The van der Waals surface area contributed by atoms with E-state index in [1.54, 1.807) is 0 Å². The number of carbonyl (C=O) groups excluding carboxylic acids is 1. The van der Waals surface area contributed by atoms with Crippen LogP contribution in [-0.4, -0.2) is 30.3 Å². The molecule has 1 saturated carbocycles. The zero-order valence-electron chi connectivity index (χ0n) is 9.15. The molecule has 1 fully saturated rings. The van der Waals surface area contributed by atoms with Gasteiger partial charge in [-0.3, -0.25) is 0 Å². The minimum absolute atomic E-state index is 0.281. The molecule has 0 heterocycles. The summed E-state index contributed by atoms with van der Waals surface area (Å²) < 4.78 is 5.05. The molecule has 3 N–H and O–H groups in total. The van der Waals surface area contributed by atoms with E-state index in [1.807, 2.05) is 0 Å². The van der Waals surface area contributed by atoms with Crippen molar-refractivity contribution in [2.45, 2.75) is 44.6 Å². The predicted octanol–water partition coefficient (Wildman–Crippen LogP) is 0.820. The smallest absolute Gasteiger partial charge is 0.335 e. The Morgan fingerprint density at radius 3 is 2.67 bits per heavy atom. The zero-order valence-corrected chi connectivity index (χ0v) is 9.15. The minimum Gasteiger partial charge on any atom is -0.463 e. The number of aliphatic hydroxyl groups excluding tert-OH is 1. The lowest BCUT2D eigenvalue weighted by atomic mass is 9.90. The number of rotatable bonds is 5. The van der Waals surface area contributed by atoms with Crippen LogP contribution in [0.1, 0.15) is 38.5 Å². The Bertz CT molecular complexity index is 190. The third-order valence-corrected chi connectivity index (χ3v) is 2.90. The average Bonchev–Trinajstić information content (AvgIpc) is 2.27. The van der Waals surface area contributed by atoms with Gasteiger partial charge in [-0.15, -0.1) is 0 Å². The van der Waals surface area contributed by atoms with Gasteiger partial charge in [0.05, 0.1) is 6.61 Å². The second-order valence-electron chi connectivity index (χ2n) is 4.23. The molecule has 0 amide bonds. The molecule has 15 heavy (non-hydrogen) atoms. The molecule has 1 aliphatic carbocycles. The fourth-order valence-electron chi connectivity index (χ4n) is 1.93. The Kier molecular flexibility index (Phi) is 5.65. The van der Waals surface area contributed by atoms with E-state index in [0.29, 0.717) is 19.1 Å². The van der Waals surface area contributed by atoms with Crippen molar-refractivity contribution >= 4 is 5.97 Å². The summed E-state index contributed by atoms with van der Waals surface area (Å²) in [5, 5.41) is 9.29. The molecule has 1 atom stereocenters. The van der Waals surface area contributed by atoms with E-state index in [2.05, 4.69) is 0 Å². The van der Waals surface area contributed by atoms with Crippen LogP contribution in [0.15, 0.2) is 0 Å². The summed E-state index contributed by atoms with van der Waals surface area (Å²) in [6.45, 7) is 0.764. The number of aliphatic hydroxyl groups is 1. The maximum absolute atomic E-state index is 11.2. The second-order valence-corrected chi connectivity index (χ2v) is 4.23. The van der Waals surface area contributed by atoms with Crippen LogP contribution in [0, 0.1) is 5.92 Å². The molecular weight excluding hydrogens is 194 g/mol. The zero-order chi connectivity index (χ0) is 11.1. The van der Waals surface area contributed by atoms with Crippen LogP contribution in [0.3, 0.4) is 0 Å². The SMILES string of the molecule is NCCC(O)C(=O)OCC1CCCCC1. The first-order chi connectivity index (χ1) is 7.24. The molecule has 4 heteroatoms. The molecule has 4 nitrogen and oxygen atoms in total. The van der Waals surface area contributed by atoms with Gasteiger partial charge >= 0.3 is 5.97 Å². The fraction of sp³-hybridized carbons (Fsp3) is 0.909. The van der Waals surface area contributed by atoms with Gasteiger partial charge in [-0.1, -0.05) is 19.3 Å². The Morgan fingerprint density at radius 2 is 2.07 bits per heavy atom. The normalized spacial score (nSPS) is 19.9. The maximum Gasteiger partial charge on any atom is 0.335 e. The van der Waals surface area contributed by atoms with Crippen molar-refractivity contribution in [1.82, 2.24) is 0 Å². The summed E-state index contributed by atoms with van der Waals surface area (Å²) in [5.74, 6) is -0.0289. The summed E-state index contributed by atoms with van der Waals surface area (Å²) in [4.78, 5) is 11.2. The van der Waals surface area contributed by atoms with Gasteiger partial charge in [0.15, 0.2) is 6.10 Å². The van der Waals surface area contributed by atoms with E-state index >= 15 is 0 Å². The number of ether oxygens (including phenoxy) is 1. The summed E-state index contributed by atoms with van der Waals surface area (Å²) in [6.07, 6.45) is 5.27. The van der Waals surface area contributed by atoms with Crippen molar-refractivity contribution in [2.75, 3.05) is 13.2 Å². The number of nitrogens with two attached hydrogens (primary N) is 1. The Labute approximate surface area is 90.8 Å². The molecular formula is C11H21NO3. The number of carbonyl (C=O) groups is 1. The molecule has 0 aromatic rings. The molecule has 88 valence electrons. The van der Waals surface area contributed by atoms with Gasteiger partial charge in [0, 0.05) is 0 Å². The third-order valence-electron chi connectivity index (χ3n) is 2.90. The number of hydrogen-bond acceptors (Lipinski definition) is 4. The van der Waals surface area contributed by atoms with E-state index in [1.165, 1.54) is 19.3 Å². The van der Waals surface area contributed by atoms with Crippen molar-refractivity contribution < 1.29 is 14.6 Å². The van der Waals surface area contributed by atoms with Crippen molar-refractivity contribution in [1.29, 1.82) is 0 Å². The Morgan fingerprint density at radius 1 is 1.40 bits per heavy atom. The van der Waals surface area contributed by atoms with E-state index < -0.39 is 12.1 Å². The van der Waals surface area contributed by atoms with Crippen LogP contribution in [0.4, 0.5) is 0 Å². The summed E-state index contributed by atoms with van der Waals surface area (Å²) in [7, 11) is 0. The highest BCUT2D eigenvalue weighted by Gasteiger charge is 2.19. The molecule has 0 aliphatic heterocycles. The van der Waals surface area contributed by atoms with Crippen LogP contribution < -0.4 is 5.73 Å². The van der Waals surface area contributed by atoms with Gasteiger partial charge in [-0.2, -0.15) is 0 Å². The minimum atomic E-state index is -1.04. The first-order valence-corrected chi connectivity index (χ1v) is 5.79.